The molecule has 0 bridgehead atoms. The molecule has 0 atom stereocenters. The zero-order valence-corrected chi connectivity index (χ0v) is 10.7. The quantitative estimate of drug-likeness (QED) is 0.859. The molecule has 0 aliphatic heterocycles. The van der Waals surface area contributed by atoms with Gasteiger partial charge in [-0.25, -0.2) is 4.68 Å². The Bertz CT molecular complexity index is 521. The van der Waals surface area contributed by atoms with Gasteiger partial charge >= 0.3 is 0 Å². The number of hydrogen-bond acceptors (Lipinski definition) is 5. The monoisotopic (exact) mass is 247 g/mol. The summed E-state index contributed by atoms with van der Waals surface area (Å²) in [5.74, 6) is 0.848. The van der Waals surface area contributed by atoms with Crippen LogP contribution in [0.5, 0.6) is 0 Å². The SMILES string of the molecule is Cc1noc(C)c1Cn1cc(CNC2CC2)nn1. The van der Waals surface area contributed by atoms with Crippen LogP contribution in [-0.2, 0) is 13.1 Å². The van der Waals surface area contributed by atoms with Crippen molar-refractivity contribution in [3.63, 3.8) is 0 Å². The van der Waals surface area contributed by atoms with Crippen molar-refractivity contribution in [2.75, 3.05) is 0 Å². The van der Waals surface area contributed by atoms with Crippen molar-refractivity contribution in [2.45, 2.75) is 45.8 Å². The van der Waals surface area contributed by atoms with Crippen molar-refractivity contribution in [1.29, 1.82) is 0 Å². The molecule has 3 rings (SSSR count). The zero-order valence-electron chi connectivity index (χ0n) is 10.7. The van der Waals surface area contributed by atoms with Crippen LogP contribution in [0, 0.1) is 13.8 Å². The molecular weight excluding hydrogens is 230 g/mol. The molecule has 0 amide bonds. The van der Waals surface area contributed by atoms with Crippen LogP contribution in [0.4, 0.5) is 0 Å². The number of aromatic nitrogens is 4. The summed E-state index contributed by atoms with van der Waals surface area (Å²) < 4.78 is 6.97. The van der Waals surface area contributed by atoms with E-state index in [1.54, 1.807) is 0 Å². The lowest BCUT2D eigenvalue weighted by Gasteiger charge is -1.99. The summed E-state index contributed by atoms with van der Waals surface area (Å²) in [5.41, 5.74) is 2.98. The molecule has 2 aromatic heterocycles. The molecule has 6 nitrogen and oxygen atoms in total. The van der Waals surface area contributed by atoms with Gasteiger partial charge in [-0.3, -0.25) is 0 Å². The average Bonchev–Trinajstić information content (AvgIpc) is 3.01. The summed E-state index contributed by atoms with van der Waals surface area (Å²) >= 11 is 0. The van der Waals surface area contributed by atoms with Crippen LogP contribution in [0.25, 0.3) is 0 Å². The molecule has 2 aromatic rings. The van der Waals surface area contributed by atoms with Gasteiger partial charge in [0.25, 0.3) is 0 Å². The Morgan fingerprint density at radius 3 is 2.94 bits per heavy atom. The molecule has 1 N–H and O–H groups in total. The van der Waals surface area contributed by atoms with Crippen LogP contribution < -0.4 is 5.32 Å². The van der Waals surface area contributed by atoms with Gasteiger partial charge in [0.05, 0.1) is 24.1 Å². The van der Waals surface area contributed by atoms with Crippen molar-refractivity contribution in [1.82, 2.24) is 25.5 Å². The molecule has 2 heterocycles. The average molecular weight is 247 g/mol. The highest BCUT2D eigenvalue weighted by atomic mass is 16.5. The Morgan fingerprint density at radius 2 is 2.28 bits per heavy atom. The van der Waals surface area contributed by atoms with Crippen molar-refractivity contribution in [3.05, 3.63) is 28.9 Å². The first kappa shape index (κ1) is 11.4. The van der Waals surface area contributed by atoms with Crippen LogP contribution in [0.1, 0.15) is 35.6 Å². The van der Waals surface area contributed by atoms with Gasteiger partial charge in [-0.15, -0.1) is 5.10 Å². The molecule has 0 spiro atoms. The second-order valence-corrected chi connectivity index (χ2v) is 4.87. The minimum absolute atomic E-state index is 0.664. The molecule has 0 saturated heterocycles. The van der Waals surface area contributed by atoms with E-state index in [-0.39, 0.29) is 0 Å². The van der Waals surface area contributed by atoms with E-state index in [9.17, 15) is 0 Å². The highest BCUT2D eigenvalue weighted by molar-refractivity contribution is 5.20. The van der Waals surface area contributed by atoms with E-state index in [1.807, 2.05) is 24.7 Å². The van der Waals surface area contributed by atoms with E-state index in [2.05, 4.69) is 20.8 Å². The molecule has 18 heavy (non-hydrogen) atoms. The lowest BCUT2D eigenvalue weighted by molar-refractivity contribution is 0.391. The molecule has 1 fully saturated rings. The molecule has 96 valence electrons. The molecule has 1 aliphatic carbocycles. The second-order valence-electron chi connectivity index (χ2n) is 4.87. The van der Waals surface area contributed by atoms with E-state index in [4.69, 9.17) is 4.52 Å². The third-order valence-electron chi connectivity index (χ3n) is 3.24. The fourth-order valence-corrected chi connectivity index (χ4v) is 1.92. The van der Waals surface area contributed by atoms with E-state index in [0.717, 1.165) is 29.3 Å². The molecular formula is C12H17N5O. The predicted molar refractivity (Wildman–Crippen MR) is 65.0 cm³/mol. The molecule has 0 radical (unpaired) electrons. The molecule has 1 saturated carbocycles. The summed E-state index contributed by atoms with van der Waals surface area (Å²) in [6.07, 6.45) is 4.54. The minimum Gasteiger partial charge on any atom is -0.361 e. The lowest BCUT2D eigenvalue weighted by atomic mass is 10.2. The lowest BCUT2D eigenvalue weighted by Crippen LogP contribution is -2.15. The van der Waals surface area contributed by atoms with Crippen LogP contribution in [0.2, 0.25) is 0 Å². The van der Waals surface area contributed by atoms with E-state index < -0.39 is 0 Å². The highest BCUT2D eigenvalue weighted by Crippen LogP contribution is 2.19. The summed E-state index contributed by atoms with van der Waals surface area (Å²) in [7, 11) is 0. The smallest absolute Gasteiger partial charge is 0.138 e. The number of rotatable bonds is 5. The predicted octanol–water partition coefficient (Wildman–Crippen LogP) is 1.18. The van der Waals surface area contributed by atoms with Crippen molar-refractivity contribution in [2.24, 2.45) is 0 Å². The van der Waals surface area contributed by atoms with Crippen LogP contribution in [-0.4, -0.2) is 26.2 Å². The van der Waals surface area contributed by atoms with Gasteiger partial charge in [-0.2, -0.15) is 0 Å². The van der Waals surface area contributed by atoms with Crippen LogP contribution in [0.15, 0.2) is 10.7 Å². The first-order chi connectivity index (χ1) is 8.72. The number of hydrogen-bond donors (Lipinski definition) is 1. The highest BCUT2D eigenvalue weighted by Gasteiger charge is 2.20. The Hall–Kier alpha value is -1.69. The summed E-state index contributed by atoms with van der Waals surface area (Å²) in [4.78, 5) is 0. The third kappa shape index (κ3) is 2.43. The van der Waals surface area contributed by atoms with Crippen LogP contribution in [0.3, 0.4) is 0 Å². The summed E-state index contributed by atoms with van der Waals surface area (Å²) in [6.45, 7) is 5.32. The Balaban J connectivity index is 1.65. The van der Waals surface area contributed by atoms with Crippen molar-refractivity contribution in [3.8, 4) is 0 Å². The molecule has 6 heteroatoms. The molecule has 0 unspecified atom stereocenters. The first-order valence-corrected chi connectivity index (χ1v) is 6.26. The summed E-state index contributed by atoms with van der Waals surface area (Å²) in [5, 5.41) is 15.6. The maximum Gasteiger partial charge on any atom is 0.138 e. The van der Waals surface area contributed by atoms with E-state index >= 15 is 0 Å². The second kappa shape index (κ2) is 4.53. The summed E-state index contributed by atoms with van der Waals surface area (Å²) in [6, 6.07) is 0.692. The Kier molecular flexibility index (Phi) is 2.87. The topological polar surface area (TPSA) is 68.8 Å². The van der Waals surface area contributed by atoms with Gasteiger partial charge in [0.1, 0.15) is 5.76 Å². The fourth-order valence-electron chi connectivity index (χ4n) is 1.92. The van der Waals surface area contributed by atoms with Gasteiger partial charge < -0.3 is 9.84 Å². The van der Waals surface area contributed by atoms with E-state index in [1.165, 1.54) is 12.8 Å². The van der Waals surface area contributed by atoms with Crippen molar-refractivity contribution >= 4 is 0 Å². The molecule has 0 aromatic carbocycles. The molecule has 1 aliphatic rings. The van der Waals surface area contributed by atoms with Gasteiger partial charge in [0, 0.05) is 18.2 Å². The minimum atomic E-state index is 0.664. The number of nitrogens with zero attached hydrogens (tertiary/aromatic N) is 4. The van der Waals surface area contributed by atoms with Gasteiger partial charge in [0.2, 0.25) is 0 Å². The Morgan fingerprint density at radius 1 is 1.44 bits per heavy atom. The number of nitrogens with one attached hydrogen (secondary N) is 1. The van der Waals surface area contributed by atoms with E-state index in [0.29, 0.717) is 12.6 Å². The largest absolute Gasteiger partial charge is 0.361 e. The fraction of sp³-hybridized carbons (Fsp3) is 0.583. The first-order valence-electron chi connectivity index (χ1n) is 6.26. The normalized spacial score (nSPS) is 15.2. The van der Waals surface area contributed by atoms with Crippen LogP contribution >= 0.6 is 0 Å². The standard InChI is InChI=1S/C12H17N5O/c1-8-12(9(2)18-15-8)7-17-6-11(14-16-17)5-13-10-3-4-10/h6,10,13H,3-5,7H2,1-2H3. The maximum absolute atomic E-state index is 5.14. The Labute approximate surface area is 105 Å². The van der Waals surface area contributed by atoms with Crippen molar-refractivity contribution < 1.29 is 4.52 Å². The maximum atomic E-state index is 5.14. The third-order valence-corrected chi connectivity index (χ3v) is 3.24. The van der Waals surface area contributed by atoms with Gasteiger partial charge in [0.15, 0.2) is 0 Å². The number of aryl methyl sites for hydroxylation is 2. The zero-order chi connectivity index (χ0) is 12.5. The van der Waals surface area contributed by atoms with Gasteiger partial charge in [-0.1, -0.05) is 10.4 Å². The van der Waals surface area contributed by atoms with Gasteiger partial charge in [-0.05, 0) is 26.7 Å².